The van der Waals surface area contributed by atoms with Crippen molar-refractivity contribution in [2.45, 2.75) is 32.4 Å². The maximum Gasteiger partial charge on any atom is 0.393 e. The van der Waals surface area contributed by atoms with Gasteiger partial charge in [0.1, 0.15) is 18.1 Å². The Morgan fingerprint density at radius 2 is 1.48 bits per heavy atom. The summed E-state index contributed by atoms with van der Waals surface area (Å²) in [6.45, 7) is 1.33. The highest BCUT2D eigenvalue weighted by Crippen LogP contribution is 2.33. The second kappa shape index (κ2) is 10.5. The predicted octanol–water partition coefficient (Wildman–Crippen LogP) is 6.95. The molecule has 0 bridgehead atoms. The summed E-state index contributed by atoms with van der Waals surface area (Å²) in [7, 11) is 0. The molecule has 0 amide bonds. The van der Waals surface area contributed by atoms with Crippen LogP contribution in [0.3, 0.4) is 0 Å². The molecule has 3 rings (SSSR count). The molecule has 174 valence electrons. The fraction of sp³-hybridized carbons (Fsp3) is 0.240. The molecule has 8 heteroatoms. The summed E-state index contributed by atoms with van der Waals surface area (Å²) in [5.41, 5.74) is 3.10. The van der Waals surface area contributed by atoms with E-state index in [9.17, 15) is 23.1 Å². The van der Waals surface area contributed by atoms with Crippen molar-refractivity contribution in [1.82, 2.24) is 0 Å². The van der Waals surface area contributed by atoms with Gasteiger partial charge in [0.15, 0.2) is 5.78 Å². The summed E-state index contributed by atoms with van der Waals surface area (Å²) >= 11 is 12.8. The molecule has 0 saturated carbocycles. The lowest BCUT2D eigenvalue weighted by Crippen LogP contribution is -2.11. The van der Waals surface area contributed by atoms with E-state index in [2.05, 4.69) is 0 Å². The fourth-order valence-electron chi connectivity index (χ4n) is 3.34. The van der Waals surface area contributed by atoms with Crippen LogP contribution in [0.25, 0.3) is 0 Å². The van der Waals surface area contributed by atoms with E-state index < -0.39 is 12.6 Å². The molecule has 1 N–H and O–H groups in total. The average molecular weight is 497 g/mol. The van der Waals surface area contributed by atoms with Gasteiger partial charge in [-0.2, -0.15) is 13.2 Å². The Morgan fingerprint density at radius 3 is 2.06 bits per heavy atom. The molecule has 3 nitrogen and oxygen atoms in total. The zero-order valence-corrected chi connectivity index (χ0v) is 19.2. The lowest BCUT2D eigenvalue weighted by molar-refractivity contribution is -0.127. The van der Waals surface area contributed by atoms with E-state index in [1.54, 1.807) is 36.4 Å². The predicted molar refractivity (Wildman–Crippen MR) is 123 cm³/mol. The number of phenols is 1. The second-order valence-electron chi connectivity index (χ2n) is 7.78. The van der Waals surface area contributed by atoms with Crippen molar-refractivity contribution in [1.29, 1.82) is 0 Å². The van der Waals surface area contributed by atoms with E-state index >= 15 is 0 Å². The van der Waals surface area contributed by atoms with Crippen LogP contribution < -0.4 is 4.74 Å². The first kappa shape index (κ1) is 24.9. The number of rotatable bonds is 8. The van der Waals surface area contributed by atoms with Crippen LogP contribution in [-0.2, 0) is 24.1 Å². The number of carbonyl (C=O) groups excluding carboxylic acids is 1. The molecular weight excluding hydrogens is 476 g/mol. The number of phenolic OH excluding ortho intramolecular Hbond substituents is 1. The van der Waals surface area contributed by atoms with Crippen molar-refractivity contribution in [3.63, 3.8) is 0 Å². The molecule has 0 aliphatic carbocycles. The lowest BCUT2D eigenvalue weighted by Gasteiger charge is -2.13. The molecule has 0 aliphatic rings. The Balaban J connectivity index is 1.76. The number of ketones is 1. The van der Waals surface area contributed by atoms with Crippen LogP contribution in [0.2, 0.25) is 10.0 Å². The lowest BCUT2D eigenvalue weighted by atomic mass is 9.97. The van der Waals surface area contributed by atoms with Crippen molar-refractivity contribution in [3.05, 3.63) is 92.5 Å². The van der Waals surface area contributed by atoms with Crippen LogP contribution in [0.5, 0.6) is 11.5 Å². The van der Waals surface area contributed by atoms with Crippen LogP contribution in [0.15, 0.2) is 54.6 Å². The Morgan fingerprint density at radius 1 is 0.909 bits per heavy atom. The molecular formula is C25H21Cl2F3O3. The molecule has 0 unspecified atom stereocenters. The van der Waals surface area contributed by atoms with Crippen LogP contribution in [-0.4, -0.2) is 23.7 Å². The third-order valence-corrected chi connectivity index (χ3v) is 5.58. The number of hydrogen-bond donors (Lipinski definition) is 1. The van der Waals surface area contributed by atoms with E-state index in [4.69, 9.17) is 27.9 Å². The van der Waals surface area contributed by atoms with Gasteiger partial charge in [-0.25, -0.2) is 0 Å². The van der Waals surface area contributed by atoms with E-state index in [0.717, 1.165) is 11.1 Å². The van der Waals surface area contributed by atoms with Crippen LogP contribution in [0, 0.1) is 0 Å². The van der Waals surface area contributed by atoms with Crippen molar-refractivity contribution < 1.29 is 27.8 Å². The minimum Gasteiger partial charge on any atom is -0.508 e. The maximum absolute atomic E-state index is 12.5. The maximum atomic E-state index is 12.5. The van der Waals surface area contributed by atoms with Crippen LogP contribution >= 0.6 is 23.2 Å². The Kier molecular flexibility index (Phi) is 7.92. The Labute approximate surface area is 199 Å². The van der Waals surface area contributed by atoms with Gasteiger partial charge in [-0.15, -0.1) is 0 Å². The zero-order valence-electron chi connectivity index (χ0n) is 17.7. The molecule has 3 aromatic rings. The Bertz CT molecular complexity index is 1120. The van der Waals surface area contributed by atoms with Gasteiger partial charge in [0.25, 0.3) is 0 Å². The minimum absolute atomic E-state index is 0.0789. The van der Waals surface area contributed by atoms with Crippen molar-refractivity contribution >= 4 is 29.0 Å². The molecule has 33 heavy (non-hydrogen) atoms. The summed E-state index contributed by atoms with van der Waals surface area (Å²) in [6, 6.07) is 14.4. The molecule has 0 spiro atoms. The first-order valence-electron chi connectivity index (χ1n) is 10.1. The molecule has 0 atom stereocenters. The number of ether oxygens (including phenoxy) is 1. The molecule has 0 saturated heterocycles. The highest BCUT2D eigenvalue weighted by atomic mass is 35.5. The summed E-state index contributed by atoms with van der Waals surface area (Å²) < 4.78 is 43.0. The Hall–Kier alpha value is -2.70. The molecule has 0 aliphatic heterocycles. The number of benzene rings is 3. The molecule has 3 aromatic carbocycles. The number of Topliss-reactive ketones (excluding diaryl/α,β-unsaturated/α-hetero) is 1. The standard InChI is InChI=1S/C25H21Cl2F3O3/c1-15(31)14-33-20-11-22(26)21(23(27)12-20)10-18-6-7-24(32)19(9-18)8-16-2-4-17(5-3-16)13-25(28,29)30/h2-7,9,11-12,32H,8,10,13-14H2,1H3. The van der Waals surface area contributed by atoms with Gasteiger partial charge in [-0.05, 0) is 52.9 Å². The van der Waals surface area contributed by atoms with Crippen LogP contribution in [0.1, 0.15) is 34.7 Å². The van der Waals surface area contributed by atoms with E-state index in [0.29, 0.717) is 39.8 Å². The summed E-state index contributed by atoms with van der Waals surface area (Å²) in [5, 5.41) is 11.0. The summed E-state index contributed by atoms with van der Waals surface area (Å²) in [6.07, 6.45) is -4.49. The normalized spacial score (nSPS) is 11.5. The number of aromatic hydroxyl groups is 1. The van der Waals surface area contributed by atoms with E-state index in [-0.39, 0.29) is 23.7 Å². The van der Waals surface area contributed by atoms with E-state index in [1.165, 1.54) is 19.1 Å². The number of carbonyl (C=O) groups is 1. The van der Waals surface area contributed by atoms with Crippen molar-refractivity contribution in [2.75, 3.05) is 6.61 Å². The van der Waals surface area contributed by atoms with Crippen molar-refractivity contribution in [3.8, 4) is 11.5 Å². The molecule has 0 aromatic heterocycles. The quantitative estimate of drug-likeness (QED) is 0.366. The van der Waals surface area contributed by atoms with Gasteiger partial charge < -0.3 is 9.84 Å². The van der Waals surface area contributed by atoms with Gasteiger partial charge in [-0.3, -0.25) is 4.79 Å². The molecule has 0 heterocycles. The number of halogens is 5. The monoisotopic (exact) mass is 496 g/mol. The molecule has 0 fully saturated rings. The number of alkyl halides is 3. The van der Waals surface area contributed by atoms with Crippen molar-refractivity contribution in [2.24, 2.45) is 0 Å². The van der Waals surface area contributed by atoms with Gasteiger partial charge in [0, 0.05) is 22.9 Å². The minimum atomic E-state index is -4.26. The first-order chi connectivity index (χ1) is 15.5. The van der Waals surface area contributed by atoms with Gasteiger partial charge in [0.05, 0.1) is 6.42 Å². The highest BCUT2D eigenvalue weighted by molar-refractivity contribution is 6.36. The second-order valence-corrected chi connectivity index (χ2v) is 8.60. The smallest absolute Gasteiger partial charge is 0.393 e. The van der Waals surface area contributed by atoms with Gasteiger partial charge in [0.2, 0.25) is 0 Å². The summed E-state index contributed by atoms with van der Waals surface area (Å²) in [4.78, 5) is 11.1. The number of hydrogen-bond acceptors (Lipinski definition) is 3. The zero-order chi connectivity index (χ0) is 24.2. The third kappa shape index (κ3) is 7.41. The first-order valence-corrected chi connectivity index (χ1v) is 10.8. The topological polar surface area (TPSA) is 46.5 Å². The molecule has 0 radical (unpaired) electrons. The summed E-state index contributed by atoms with van der Waals surface area (Å²) in [5.74, 6) is 0.352. The van der Waals surface area contributed by atoms with E-state index in [1.807, 2.05) is 6.07 Å². The average Bonchev–Trinajstić information content (AvgIpc) is 2.72. The fourth-order valence-corrected chi connectivity index (χ4v) is 3.94. The van der Waals surface area contributed by atoms with Crippen LogP contribution in [0.4, 0.5) is 13.2 Å². The largest absolute Gasteiger partial charge is 0.508 e. The van der Waals surface area contributed by atoms with Gasteiger partial charge in [-0.1, -0.05) is 59.6 Å². The SMILES string of the molecule is CC(=O)COc1cc(Cl)c(Cc2ccc(O)c(Cc3ccc(CC(F)(F)F)cc3)c2)c(Cl)c1. The third-order valence-electron chi connectivity index (χ3n) is 4.90. The highest BCUT2D eigenvalue weighted by Gasteiger charge is 2.27. The van der Waals surface area contributed by atoms with Gasteiger partial charge >= 0.3 is 6.18 Å².